The summed E-state index contributed by atoms with van der Waals surface area (Å²) in [4.78, 5) is 33.3. The lowest BCUT2D eigenvalue weighted by atomic mass is 10.0. The number of para-hydroxylation sites is 1. The Morgan fingerprint density at radius 2 is 1.89 bits per heavy atom. The van der Waals surface area contributed by atoms with Gasteiger partial charge in [0.25, 0.3) is 10.8 Å². The zero-order chi connectivity index (χ0) is 24.6. The molecule has 8 nitrogen and oxygen atoms in total. The molecule has 0 radical (unpaired) electrons. The average molecular weight is 513 g/mol. The van der Waals surface area contributed by atoms with Gasteiger partial charge in [0, 0.05) is 23.1 Å². The van der Waals surface area contributed by atoms with Crippen molar-refractivity contribution in [3.63, 3.8) is 0 Å². The topological polar surface area (TPSA) is 94.8 Å². The minimum absolute atomic E-state index is 0.105. The number of methoxy groups -OCH3 is 1. The molecule has 4 heterocycles. The van der Waals surface area contributed by atoms with Crippen LogP contribution in [0, 0.1) is 0 Å². The maximum absolute atomic E-state index is 14.2. The fourth-order valence-corrected chi connectivity index (χ4v) is 5.69. The highest BCUT2D eigenvalue weighted by atomic mass is 32.1. The molecule has 0 bridgehead atoms. The molecule has 2 aromatic carbocycles. The summed E-state index contributed by atoms with van der Waals surface area (Å²) < 4.78 is 7.05. The largest absolute Gasteiger partial charge is 0.473 e. The van der Waals surface area contributed by atoms with Crippen molar-refractivity contribution >= 4 is 49.6 Å². The molecule has 36 heavy (non-hydrogen) atoms. The van der Waals surface area contributed by atoms with E-state index in [4.69, 9.17) is 4.74 Å². The molecule has 0 aliphatic carbocycles. The summed E-state index contributed by atoms with van der Waals surface area (Å²) in [6.07, 6.45) is 3.27. The summed E-state index contributed by atoms with van der Waals surface area (Å²) in [6.45, 7) is 2.01. The summed E-state index contributed by atoms with van der Waals surface area (Å²) >= 11 is 2.87. The van der Waals surface area contributed by atoms with Crippen molar-refractivity contribution in [3.8, 4) is 21.3 Å². The van der Waals surface area contributed by atoms with Gasteiger partial charge in [-0.15, -0.1) is 11.3 Å². The highest BCUT2D eigenvalue weighted by Gasteiger charge is 2.20. The Morgan fingerprint density at radius 3 is 2.69 bits per heavy atom. The third-order valence-corrected chi connectivity index (χ3v) is 7.67. The molecule has 0 unspecified atom stereocenters. The number of hydrogen-bond acceptors (Lipinski definition) is 9. The van der Waals surface area contributed by atoms with E-state index in [2.05, 4.69) is 31.3 Å². The maximum atomic E-state index is 14.2. The van der Waals surface area contributed by atoms with Crippen LogP contribution in [0.15, 0.2) is 77.4 Å². The fraction of sp³-hybridized carbons (Fsp3) is 0.115. The summed E-state index contributed by atoms with van der Waals surface area (Å²) in [5.74, 6) is 0.631. The minimum atomic E-state index is -0.255. The third kappa shape index (κ3) is 3.80. The van der Waals surface area contributed by atoms with E-state index in [1.54, 1.807) is 23.4 Å². The van der Waals surface area contributed by atoms with Crippen LogP contribution in [0.3, 0.4) is 0 Å². The summed E-state index contributed by atoms with van der Waals surface area (Å²) in [6, 6.07) is 17.3. The van der Waals surface area contributed by atoms with Crippen LogP contribution >= 0.6 is 22.7 Å². The standard InChI is InChI=1S/C26H20N6O2S2/c1-15(31-23-22-24(29-13-28-23)35-14-30-22)19-11-16-7-6-10-18(20-12-27-26(34-2)36-20)21(16)25(33)32(19)17-8-4-3-5-9-17/h3-15H,1-2H3,(H,28,29,31)/t15-/m0/s1. The monoisotopic (exact) mass is 512 g/mol. The lowest BCUT2D eigenvalue weighted by Gasteiger charge is -2.22. The number of benzene rings is 2. The number of pyridine rings is 1. The van der Waals surface area contributed by atoms with E-state index in [0.717, 1.165) is 32.0 Å². The van der Waals surface area contributed by atoms with Crippen molar-refractivity contribution < 1.29 is 4.74 Å². The fourth-order valence-electron chi connectivity index (χ4n) is 4.31. The van der Waals surface area contributed by atoms with Crippen LogP contribution in [0.1, 0.15) is 18.7 Å². The van der Waals surface area contributed by atoms with Gasteiger partial charge in [0.15, 0.2) is 5.82 Å². The van der Waals surface area contributed by atoms with Crippen molar-refractivity contribution in [2.75, 3.05) is 12.4 Å². The van der Waals surface area contributed by atoms with E-state index in [9.17, 15) is 4.79 Å². The maximum Gasteiger partial charge on any atom is 0.273 e. The van der Waals surface area contributed by atoms with Crippen LogP contribution in [-0.4, -0.2) is 31.6 Å². The number of aromatic nitrogens is 5. The molecular formula is C26H20N6O2S2. The lowest BCUT2D eigenvalue weighted by Crippen LogP contribution is -2.26. The van der Waals surface area contributed by atoms with Gasteiger partial charge in [-0.1, -0.05) is 47.7 Å². The second kappa shape index (κ2) is 9.14. The summed E-state index contributed by atoms with van der Waals surface area (Å²) in [5, 5.41) is 5.49. The Hall–Kier alpha value is -4.15. The van der Waals surface area contributed by atoms with Crippen molar-refractivity contribution in [1.29, 1.82) is 0 Å². The van der Waals surface area contributed by atoms with Crippen molar-refractivity contribution in [2.45, 2.75) is 13.0 Å². The van der Waals surface area contributed by atoms with Crippen LogP contribution in [-0.2, 0) is 0 Å². The first kappa shape index (κ1) is 22.3. The van der Waals surface area contributed by atoms with Crippen LogP contribution in [0.5, 0.6) is 5.19 Å². The van der Waals surface area contributed by atoms with Crippen molar-refractivity contribution in [3.05, 3.63) is 88.7 Å². The number of rotatable bonds is 6. The smallest absolute Gasteiger partial charge is 0.273 e. The summed E-state index contributed by atoms with van der Waals surface area (Å²) in [5.41, 5.74) is 4.78. The number of fused-ring (bicyclic) bond motifs is 2. The number of thiazole rings is 2. The van der Waals surface area contributed by atoms with Gasteiger partial charge in [-0.25, -0.2) is 19.9 Å². The van der Waals surface area contributed by atoms with Crippen LogP contribution in [0.25, 0.3) is 37.2 Å². The number of ether oxygens (including phenoxy) is 1. The van der Waals surface area contributed by atoms with E-state index < -0.39 is 0 Å². The zero-order valence-electron chi connectivity index (χ0n) is 19.4. The van der Waals surface area contributed by atoms with E-state index in [1.807, 2.05) is 55.5 Å². The third-order valence-electron chi connectivity index (χ3n) is 5.95. The van der Waals surface area contributed by atoms with Crippen molar-refractivity contribution in [2.24, 2.45) is 0 Å². The van der Waals surface area contributed by atoms with E-state index in [0.29, 0.717) is 21.9 Å². The number of anilines is 1. The van der Waals surface area contributed by atoms with E-state index in [-0.39, 0.29) is 11.6 Å². The van der Waals surface area contributed by atoms with Crippen molar-refractivity contribution in [1.82, 2.24) is 24.5 Å². The molecule has 0 aliphatic rings. The van der Waals surface area contributed by atoms with Gasteiger partial charge in [-0.05, 0) is 30.5 Å². The van der Waals surface area contributed by atoms with Gasteiger partial charge in [0.2, 0.25) is 0 Å². The van der Waals surface area contributed by atoms with Gasteiger partial charge in [0.05, 0.1) is 28.9 Å². The molecule has 0 saturated heterocycles. The normalized spacial score (nSPS) is 12.2. The van der Waals surface area contributed by atoms with E-state index >= 15 is 0 Å². The van der Waals surface area contributed by atoms with Gasteiger partial charge < -0.3 is 10.1 Å². The second-order valence-electron chi connectivity index (χ2n) is 8.10. The average Bonchev–Trinajstić information content (AvgIpc) is 3.59. The first-order valence-electron chi connectivity index (χ1n) is 11.2. The minimum Gasteiger partial charge on any atom is -0.473 e. The molecule has 6 aromatic rings. The Balaban J connectivity index is 1.56. The molecule has 0 saturated carbocycles. The quantitative estimate of drug-likeness (QED) is 0.306. The predicted octanol–water partition coefficient (Wildman–Crippen LogP) is 5.70. The Labute approximate surface area is 213 Å². The highest BCUT2D eigenvalue weighted by Crippen LogP contribution is 2.35. The van der Waals surface area contributed by atoms with Crippen LogP contribution < -0.4 is 15.6 Å². The molecule has 0 spiro atoms. The molecular weight excluding hydrogens is 492 g/mol. The van der Waals surface area contributed by atoms with Gasteiger partial charge in [-0.2, -0.15) is 0 Å². The first-order valence-corrected chi connectivity index (χ1v) is 12.9. The second-order valence-corrected chi connectivity index (χ2v) is 9.93. The summed E-state index contributed by atoms with van der Waals surface area (Å²) in [7, 11) is 1.59. The van der Waals surface area contributed by atoms with Gasteiger partial charge in [-0.3, -0.25) is 9.36 Å². The predicted molar refractivity (Wildman–Crippen MR) is 144 cm³/mol. The number of nitrogens with one attached hydrogen (secondary N) is 1. The molecule has 1 atom stereocenters. The molecule has 178 valence electrons. The SMILES string of the molecule is COc1ncc(-c2cccc3cc([C@H](C)Nc4ncnc5scnc45)n(-c4ccccc4)c(=O)c23)s1. The molecule has 4 aromatic heterocycles. The van der Waals surface area contributed by atoms with Gasteiger partial charge >= 0.3 is 0 Å². The first-order chi connectivity index (χ1) is 17.6. The molecule has 6 rings (SSSR count). The Morgan fingerprint density at radius 1 is 1.03 bits per heavy atom. The van der Waals surface area contributed by atoms with Crippen LogP contribution in [0.4, 0.5) is 5.82 Å². The zero-order valence-corrected chi connectivity index (χ0v) is 21.0. The highest BCUT2D eigenvalue weighted by molar-refractivity contribution is 7.17. The van der Waals surface area contributed by atoms with Gasteiger partial charge in [0.1, 0.15) is 16.7 Å². The molecule has 10 heteroatoms. The lowest BCUT2D eigenvalue weighted by molar-refractivity contribution is 0.412. The Bertz CT molecular complexity index is 1760. The number of hydrogen-bond donors (Lipinski definition) is 1. The van der Waals surface area contributed by atoms with E-state index in [1.165, 1.54) is 29.0 Å². The molecule has 0 amide bonds. The van der Waals surface area contributed by atoms with Crippen LogP contribution in [0.2, 0.25) is 0 Å². The molecule has 0 fully saturated rings. The molecule has 0 aliphatic heterocycles. The number of nitrogens with zero attached hydrogens (tertiary/aromatic N) is 5. The molecule has 1 N–H and O–H groups in total. The Kier molecular flexibility index (Phi) is 5.67.